The molecule has 0 spiro atoms. The summed E-state index contributed by atoms with van der Waals surface area (Å²) in [5.74, 6) is -0.146. The minimum absolute atomic E-state index is 0.0430. The minimum atomic E-state index is -3.93. The van der Waals surface area contributed by atoms with Crippen molar-refractivity contribution >= 4 is 35.6 Å². The van der Waals surface area contributed by atoms with Crippen molar-refractivity contribution in [3.63, 3.8) is 0 Å². The highest BCUT2D eigenvalue weighted by Crippen LogP contribution is 2.32. The molecule has 0 radical (unpaired) electrons. The van der Waals surface area contributed by atoms with E-state index in [1.807, 2.05) is 0 Å². The first-order valence-electron chi connectivity index (χ1n) is 3.85. The van der Waals surface area contributed by atoms with Gasteiger partial charge in [0.25, 0.3) is 5.56 Å². The number of H-pyrrole nitrogens is 1. The van der Waals surface area contributed by atoms with Gasteiger partial charge in [-0.05, 0) is 0 Å². The van der Waals surface area contributed by atoms with Gasteiger partial charge in [0.15, 0.2) is 5.52 Å². The lowest BCUT2D eigenvalue weighted by molar-refractivity contribution is 0.231. The summed E-state index contributed by atoms with van der Waals surface area (Å²) < 4.78 is 5.38. The predicted octanol–water partition coefficient (Wildman–Crippen LogP) is -1.66. The molecule has 0 amide bonds. The maximum absolute atomic E-state index is 11.3. The van der Waals surface area contributed by atoms with Crippen LogP contribution in [0.3, 0.4) is 0 Å². The highest BCUT2D eigenvalue weighted by Gasteiger charge is 2.15. The fourth-order valence-electron chi connectivity index (χ4n) is 1.08. The van der Waals surface area contributed by atoms with Crippen LogP contribution in [-0.4, -0.2) is 29.5 Å². The minimum Gasteiger partial charge on any atom is -0.369 e. The lowest BCUT2D eigenvalue weighted by Crippen LogP contribution is -2.14. The molecule has 0 unspecified atom stereocenters. The number of nitrogen functional groups attached to an aromatic ring is 1. The Bertz CT molecular complexity index is 644. The van der Waals surface area contributed by atoms with Gasteiger partial charge in [-0.2, -0.15) is 4.98 Å². The summed E-state index contributed by atoms with van der Waals surface area (Å²) in [6.07, 6.45) is 1.04. The summed E-state index contributed by atoms with van der Waals surface area (Å²) >= 11 is 4.27. The fourth-order valence-corrected chi connectivity index (χ4v) is 1.65. The molecular weight excluding hydrogens is 257 g/mol. The number of fused-ring (bicyclic) bond motifs is 1. The van der Waals surface area contributed by atoms with Crippen molar-refractivity contribution in [2.75, 3.05) is 5.73 Å². The molecule has 0 aromatic carbocycles. The normalized spacial score (nSPS) is 11.9. The number of rotatable bonds is 2. The third-order valence-corrected chi connectivity index (χ3v) is 2.18. The number of nitrogens with one attached hydrogen (secondary N) is 1. The molecule has 86 valence electrons. The smallest absolute Gasteiger partial charge is 0.369 e. The molecule has 0 atom stereocenters. The van der Waals surface area contributed by atoms with Gasteiger partial charge in [0, 0.05) is 11.8 Å². The van der Waals surface area contributed by atoms with E-state index in [0.717, 1.165) is 11.1 Å². The molecule has 11 heteroatoms. The summed E-state index contributed by atoms with van der Waals surface area (Å²) in [5, 5.41) is 0. The van der Waals surface area contributed by atoms with Crippen molar-refractivity contribution in [2.24, 2.45) is 0 Å². The van der Waals surface area contributed by atoms with Crippen LogP contribution in [0, 0.1) is 0 Å². The molecule has 0 bridgehead atoms. The third-order valence-electron chi connectivity index (χ3n) is 1.59. The number of anilines is 1. The molecule has 0 aliphatic heterocycles. The quantitative estimate of drug-likeness (QED) is 0.472. The van der Waals surface area contributed by atoms with Gasteiger partial charge in [0.2, 0.25) is 11.6 Å². The van der Waals surface area contributed by atoms with E-state index in [9.17, 15) is 4.79 Å². The average molecular weight is 263 g/mol. The van der Waals surface area contributed by atoms with Crippen molar-refractivity contribution in [3.8, 4) is 0 Å². The largest absolute Gasteiger partial charge is 0.395 e. The molecule has 2 heterocycles. The second-order valence-corrected chi connectivity index (χ2v) is 5.34. The van der Waals surface area contributed by atoms with Crippen LogP contribution in [-0.2, 0) is 11.8 Å². The number of nitrogens with two attached hydrogens (primary N) is 1. The van der Waals surface area contributed by atoms with E-state index >= 15 is 0 Å². The first-order chi connectivity index (χ1) is 7.37. The van der Waals surface area contributed by atoms with Gasteiger partial charge in [-0.25, -0.2) is 4.98 Å². The van der Waals surface area contributed by atoms with Crippen molar-refractivity contribution in [1.82, 2.24) is 19.7 Å². The third kappa shape index (κ3) is 2.04. The van der Waals surface area contributed by atoms with E-state index in [1.165, 1.54) is 0 Å². The number of hydrogen-bond donors (Lipinski definition) is 4. The number of nitrogens with zero attached hydrogens (tertiary/aromatic N) is 3. The molecule has 0 aliphatic rings. The molecule has 0 saturated carbocycles. The Balaban J connectivity index is 2.65. The Hall–Kier alpha value is -1.48. The Kier molecular flexibility index (Phi) is 2.43. The van der Waals surface area contributed by atoms with Crippen molar-refractivity contribution in [3.05, 3.63) is 16.7 Å². The van der Waals surface area contributed by atoms with Gasteiger partial charge in [0.1, 0.15) is 6.33 Å². The molecule has 0 aliphatic carbocycles. The second kappa shape index (κ2) is 3.52. The van der Waals surface area contributed by atoms with Crippen LogP contribution < -0.4 is 15.9 Å². The van der Waals surface area contributed by atoms with Crippen LogP contribution in [0.25, 0.3) is 11.2 Å². The predicted molar refractivity (Wildman–Crippen MR) is 57.9 cm³/mol. The molecule has 2 aromatic rings. The Morgan fingerprint density at radius 2 is 2.31 bits per heavy atom. The van der Waals surface area contributed by atoms with Crippen LogP contribution in [0.1, 0.15) is 0 Å². The van der Waals surface area contributed by atoms with Gasteiger partial charge in [-0.1, -0.05) is 0 Å². The molecule has 0 saturated heterocycles. The van der Waals surface area contributed by atoms with Crippen LogP contribution in [0.2, 0.25) is 0 Å². The summed E-state index contributed by atoms with van der Waals surface area (Å²) in [7, 11) is 0. The first kappa shape index (κ1) is 11.0. The number of imidazole rings is 1. The maximum atomic E-state index is 11.3. The van der Waals surface area contributed by atoms with Gasteiger partial charge in [-0.3, -0.25) is 9.78 Å². The molecular formula is C5H6N5O4PS. The molecule has 2 rings (SSSR count). The van der Waals surface area contributed by atoms with E-state index in [-0.39, 0.29) is 17.1 Å². The Morgan fingerprint density at radius 3 is 2.94 bits per heavy atom. The van der Waals surface area contributed by atoms with Crippen LogP contribution in [0.15, 0.2) is 11.1 Å². The topological polar surface area (TPSA) is 139 Å². The SMILES string of the molecule is Nc1nc2c(ncn2OP(O)(O)=S)c(=O)[nH]1. The molecule has 0 fully saturated rings. The summed E-state index contributed by atoms with van der Waals surface area (Å²) in [5.41, 5.74) is 4.66. The van der Waals surface area contributed by atoms with Crippen LogP contribution in [0.4, 0.5) is 5.95 Å². The van der Waals surface area contributed by atoms with Crippen molar-refractivity contribution in [2.45, 2.75) is 0 Å². The summed E-state index contributed by atoms with van der Waals surface area (Å²) in [6, 6.07) is 0. The van der Waals surface area contributed by atoms with Gasteiger partial charge >= 0.3 is 6.72 Å². The number of aromatic amines is 1. The van der Waals surface area contributed by atoms with Crippen LogP contribution in [0.5, 0.6) is 0 Å². The maximum Gasteiger partial charge on any atom is 0.395 e. The van der Waals surface area contributed by atoms with Crippen molar-refractivity contribution < 1.29 is 14.4 Å². The Labute approximate surface area is 92.7 Å². The Morgan fingerprint density at radius 1 is 1.62 bits per heavy atom. The number of aromatic nitrogens is 4. The average Bonchev–Trinajstić information content (AvgIpc) is 2.46. The summed E-state index contributed by atoms with van der Waals surface area (Å²) in [6.45, 7) is -3.93. The summed E-state index contributed by atoms with van der Waals surface area (Å²) in [4.78, 5) is 38.9. The van der Waals surface area contributed by atoms with E-state index < -0.39 is 12.3 Å². The van der Waals surface area contributed by atoms with Gasteiger partial charge < -0.3 is 20.1 Å². The monoisotopic (exact) mass is 263 g/mol. The van der Waals surface area contributed by atoms with Gasteiger partial charge in [0.05, 0.1) is 0 Å². The molecule has 2 aromatic heterocycles. The number of hydrogen-bond acceptors (Lipinski definition) is 6. The van der Waals surface area contributed by atoms with E-state index in [4.69, 9.17) is 15.5 Å². The fraction of sp³-hybridized carbons (Fsp3) is 0. The standard InChI is InChI=1S/C5H6N5O4PS/c6-5-8-3-2(4(11)9-5)7-1-10(3)14-15(12,13)16/h1H,(H2,12,13,16)(H3,6,8,9,11). The van der Waals surface area contributed by atoms with Gasteiger partial charge in [-0.15, -0.1) is 4.73 Å². The highest BCUT2D eigenvalue weighted by molar-refractivity contribution is 8.06. The molecule has 16 heavy (non-hydrogen) atoms. The van der Waals surface area contributed by atoms with Crippen LogP contribution >= 0.6 is 6.72 Å². The zero-order valence-electron chi connectivity index (χ0n) is 7.56. The van der Waals surface area contributed by atoms with E-state index in [2.05, 4.69) is 31.4 Å². The first-order valence-corrected chi connectivity index (χ1v) is 6.48. The lowest BCUT2D eigenvalue weighted by atomic mass is 10.5. The zero-order chi connectivity index (χ0) is 11.9. The van der Waals surface area contributed by atoms with Crippen molar-refractivity contribution in [1.29, 1.82) is 0 Å². The highest BCUT2D eigenvalue weighted by atomic mass is 32.5. The second-order valence-electron chi connectivity index (χ2n) is 2.77. The zero-order valence-corrected chi connectivity index (χ0v) is 9.27. The molecule has 9 nitrogen and oxygen atoms in total. The van der Waals surface area contributed by atoms with E-state index in [1.54, 1.807) is 0 Å². The van der Waals surface area contributed by atoms with E-state index in [0.29, 0.717) is 0 Å². The molecule has 5 N–H and O–H groups in total. The lowest BCUT2D eigenvalue weighted by Gasteiger charge is -2.09.